The van der Waals surface area contributed by atoms with Crippen LogP contribution in [-0.4, -0.2) is 16.8 Å². The molecule has 7 heteroatoms. The van der Waals surface area contributed by atoms with E-state index in [9.17, 15) is 0 Å². The smallest absolute Gasteiger partial charge is 0.231 e. The summed E-state index contributed by atoms with van der Waals surface area (Å²) < 4.78 is 11.8. The van der Waals surface area contributed by atoms with Crippen LogP contribution in [0.15, 0.2) is 59.3 Å². The summed E-state index contributed by atoms with van der Waals surface area (Å²) in [6.07, 6.45) is 1.53. The molecule has 0 amide bonds. The Morgan fingerprint density at radius 3 is 2.60 bits per heavy atom. The van der Waals surface area contributed by atoms with E-state index in [-0.39, 0.29) is 6.79 Å². The van der Waals surface area contributed by atoms with Crippen LogP contribution in [0.1, 0.15) is 5.56 Å². The third-order valence-corrected chi connectivity index (χ3v) is 4.22. The van der Waals surface area contributed by atoms with Crippen molar-refractivity contribution in [3.8, 4) is 11.5 Å². The summed E-state index contributed by atoms with van der Waals surface area (Å²) in [5.41, 5.74) is 2.05. The summed E-state index contributed by atoms with van der Waals surface area (Å²) in [6, 6.07) is 15.7. The third kappa shape index (κ3) is 3.83. The van der Waals surface area contributed by atoms with Gasteiger partial charge in [-0.05, 0) is 42.0 Å². The van der Waals surface area contributed by atoms with E-state index in [2.05, 4.69) is 36.5 Å². The number of nitrogens with one attached hydrogen (secondary N) is 2. The maximum atomic E-state index is 5.40. The standard InChI is InChI=1S/C18H15BrN4O2/c19-13-2-4-14(5-3-13)23-18-8-17(21-10-22-18)20-9-12-1-6-15-16(7-12)25-11-24-15/h1-8,10H,9,11H2,(H2,20,21,22,23). The number of anilines is 3. The summed E-state index contributed by atoms with van der Waals surface area (Å²) in [4.78, 5) is 8.51. The fourth-order valence-electron chi connectivity index (χ4n) is 2.45. The third-order valence-electron chi connectivity index (χ3n) is 3.69. The summed E-state index contributed by atoms with van der Waals surface area (Å²) in [7, 11) is 0. The summed E-state index contributed by atoms with van der Waals surface area (Å²) in [5.74, 6) is 3.03. The maximum Gasteiger partial charge on any atom is 0.231 e. The SMILES string of the molecule is Brc1ccc(Nc2cc(NCc3ccc4c(c3)OCO4)ncn2)cc1. The zero-order valence-corrected chi connectivity index (χ0v) is 14.8. The second-order valence-electron chi connectivity index (χ2n) is 5.46. The van der Waals surface area contributed by atoms with Gasteiger partial charge in [-0.3, -0.25) is 0 Å². The minimum absolute atomic E-state index is 0.281. The number of rotatable bonds is 5. The van der Waals surface area contributed by atoms with E-state index in [4.69, 9.17) is 9.47 Å². The number of ether oxygens (including phenoxy) is 2. The molecular formula is C18H15BrN4O2. The van der Waals surface area contributed by atoms with Crippen LogP contribution < -0.4 is 20.1 Å². The van der Waals surface area contributed by atoms with Crippen LogP contribution in [0.25, 0.3) is 0 Å². The van der Waals surface area contributed by atoms with E-state index in [0.29, 0.717) is 6.54 Å². The minimum Gasteiger partial charge on any atom is -0.454 e. The van der Waals surface area contributed by atoms with Gasteiger partial charge in [0.15, 0.2) is 11.5 Å². The van der Waals surface area contributed by atoms with Gasteiger partial charge in [0, 0.05) is 22.8 Å². The molecule has 4 rings (SSSR count). The highest BCUT2D eigenvalue weighted by atomic mass is 79.9. The van der Waals surface area contributed by atoms with Crippen molar-refractivity contribution < 1.29 is 9.47 Å². The summed E-state index contributed by atoms with van der Waals surface area (Å²) >= 11 is 3.42. The number of nitrogens with zero attached hydrogens (tertiary/aromatic N) is 2. The number of halogens is 1. The fraction of sp³-hybridized carbons (Fsp3) is 0.111. The van der Waals surface area contributed by atoms with Crippen LogP contribution in [0.5, 0.6) is 11.5 Å². The first kappa shape index (κ1) is 15.7. The zero-order chi connectivity index (χ0) is 17.1. The van der Waals surface area contributed by atoms with Gasteiger partial charge < -0.3 is 20.1 Å². The Balaban J connectivity index is 1.42. The summed E-state index contributed by atoms with van der Waals surface area (Å²) in [5, 5.41) is 6.55. The Morgan fingerprint density at radius 2 is 1.72 bits per heavy atom. The normalized spacial score (nSPS) is 12.0. The Morgan fingerprint density at radius 1 is 0.920 bits per heavy atom. The number of aromatic nitrogens is 2. The van der Waals surface area contributed by atoms with Gasteiger partial charge in [0.2, 0.25) is 6.79 Å². The minimum atomic E-state index is 0.281. The molecule has 6 nitrogen and oxygen atoms in total. The quantitative estimate of drug-likeness (QED) is 0.666. The molecule has 0 atom stereocenters. The lowest BCUT2D eigenvalue weighted by Gasteiger charge is -2.09. The van der Waals surface area contributed by atoms with Crippen LogP contribution in [0.2, 0.25) is 0 Å². The van der Waals surface area contributed by atoms with E-state index in [0.717, 1.165) is 38.9 Å². The van der Waals surface area contributed by atoms with Crippen LogP contribution in [0.3, 0.4) is 0 Å². The molecule has 0 bridgehead atoms. The van der Waals surface area contributed by atoms with E-state index >= 15 is 0 Å². The molecule has 0 saturated heterocycles. The highest BCUT2D eigenvalue weighted by Crippen LogP contribution is 2.32. The molecule has 0 saturated carbocycles. The number of benzene rings is 2. The molecule has 2 aromatic carbocycles. The van der Waals surface area contributed by atoms with Crippen LogP contribution >= 0.6 is 15.9 Å². The molecule has 0 fully saturated rings. The summed E-state index contributed by atoms with van der Waals surface area (Å²) in [6.45, 7) is 0.911. The molecule has 126 valence electrons. The van der Waals surface area contributed by atoms with E-state index < -0.39 is 0 Å². The van der Waals surface area contributed by atoms with E-state index in [1.165, 1.54) is 6.33 Å². The maximum absolute atomic E-state index is 5.40. The van der Waals surface area contributed by atoms with Crippen molar-refractivity contribution in [1.29, 1.82) is 0 Å². The van der Waals surface area contributed by atoms with Crippen molar-refractivity contribution in [2.75, 3.05) is 17.4 Å². The Kier molecular flexibility index (Phi) is 4.39. The van der Waals surface area contributed by atoms with Gasteiger partial charge in [-0.25, -0.2) is 9.97 Å². The van der Waals surface area contributed by atoms with Crippen molar-refractivity contribution in [2.45, 2.75) is 6.54 Å². The van der Waals surface area contributed by atoms with Gasteiger partial charge >= 0.3 is 0 Å². The van der Waals surface area contributed by atoms with E-state index in [1.54, 1.807) is 0 Å². The first-order valence-corrected chi connectivity index (χ1v) is 8.53. The average Bonchev–Trinajstić information content (AvgIpc) is 3.10. The molecule has 2 heterocycles. The predicted molar refractivity (Wildman–Crippen MR) is 99.3 cm³/mol. The van der Waals surface area contributed by atoms with Crippen molar-refractivity contribution in [2.24, 2.45) is 0 Å². The van der Waals surface area contributed by atoms with Crippen LogP contribution in [0, 0.1) is 0 Å². The molecule has 0 aliphatic carbocycles. The van der Waals surface area contributed by atoms with Gasteiger partial charge in [-0.1, -0.05) is 22.0 Å². The largest absolute Gasteiger partial charge is 0.454 e. The van der Waals surface area contributed by atoms with E-state index in [1.807, 2.05) is 48.5 Å². The molecular weight excluding hydrogens is 384 g/mol. The lowest BCUT2D eigenvalue weighted by molar-refractivity contribution is 0.174. The molecule has 0 unspecified atom stereocenters. The molecule has 25 heavy (non-hydrogen) atoms. The Labute approximate surface area is 153 Å². The molecule has 0 radical (unpaired) electrons. The molecule has 0 spiro atoms. The second-order valence-corrected chi connectivity index (χ2v) is 6.38. The highest BCUT2D eigenvalue weighted by Gasteiger charge is 2.13. The molecule has 1 aliphatic heterocycles. The molecule has 1 aliphatic rings. The molecule has 3 aromatic rings. The van der Waals surface area contributed by atoms with Crippen molar-refractivity contribution in [1.82, 2.24) is 9.97 Å². The van der Waals surface area contributed by atoms with Crippen molar-refractivity contribution in [3.63, 3.8) is 0 Å². The molecule has 1 aromatic heterocycles. The first-order valence-electron chi connectivity index (χ1n) is 7.73. The average molecular weight is 399 g/mol. The van der Waals surface area contributed by atoms with Crippen LogP contribution in [-0.2, 0) is 6.54 Å². The fourth-order valence-corrected chi connectivity index (χ4v) is 2.71. The molecule has 2 N–H and O–H groups in total. The van der Waals surface area contributed by atoms with Gasteiger partial charge in [-0.15, -0.1) is 0 Å². The number of hydrogen-bond donors (Lipinski definition) is 2. The Bertz CT molecular complexity index is 886. The van der Waals surface area contributed by atoms with Crippen molar-refractivity contribution in [3.05, 3.63) is 64.9 Å². The van der Waals surface area contributed by atoms with Crippen molar-refractivity contribution >= 4 is 33.3 Å². The van der Waals surface area contributed by atoms with Gasteiger partial charge in [0.1, 0.15) is 18.0 Å². The van der Waals surface area contributed by atoms with Crippen LogP contribution in [0.4, 0.5) is 17.3 Å². The van der Waals surface area contributed by atoms with Gasteiger partial charge in [0.05, 0.1) is 0 Å². The predicted octanol–water partition coefficient (Wildman–Crippen LogP) is 4.32. The zero-order valence-electron chi connectivity index (χ0n) is 13.2. The topological polar surface area (TPSA) is 68.3 Å². The number of hydrogen-bond acceptors (Lipinski definition) is 6. The second kappa shape index (κ2) is 6.98. The number of fused-ring (bicyclic) bond motifs is 1. The highest BCUT2D eigenvalue weighted by molar-refractivity contribution is 9.10. The Hall–Kier alpha value is -2.80. The van der Waals surface area contributed by atoms with Gasteiger partial charge in [-0.2, -0.15) is 0 Å². The monoisotopic (exact) mass is 398 g/mol. The first-order chi connectivity index (χ1) is 12.3. The lowest BCUT2D eigenvalue weighted by Crippen LogP contribution is -2.03. The van der Waals surface area contributed by atoms with Gasteiger partial charge in [0.25, 0.3) is 0 Å². The lowest BCUT2D eigenvalue weighted by atomic mass is 10.2.